The molecule has 0 amide bonds. The van der Waals surface area contributed by atoms with Gasteiger partial charge in [0, 0.05) is 40.5 Å². The summed E-state index contributed by atoms with van der Waals surface area (Å²) in [5.41, 5.74) is 5.19. The van der Waals surface area contributed by atoms with Crippen LogP contribution in [0.2, 0.25) is 5.02 Å². The van der Waals surface area contributed by atoms with E-state index in [4.69, 9.17) is 21.1 Å². The fraction of sp³-hybridized carbons (Fsp3) is 0.375. The number of hydrogen-bond acceptors (Lipinski definition) is 3. The fourth-order valence-electron chi connectivity index (χ4n) is 4.56. The molecule has 0 fully saturated rings. The first-order chi connectivity index (χ1) is 14.1. The molecule has 1 unspecified atom stereocenters. The Kier molecular flexibility index (Phi) is 5.81. The fourth-order valence-corrected chi connectivity index (χ4v) is 4.69. The van der Waals surface area contributed by atoms with Crippen molar-refractivity contribution in [2.24, 2.45) is 0 Å². The number of halogens is 1. The van der Waals surface area contributed by atoms with Gasteiger partial charge in [0.05, 0.1) is 14.2 Å². The Morgan fingerprint density at radius 1 is 1.17 bits per heavy atom. The lowest BCUT2D eigenvalue weighted by Gasteiger charge is -2.25. The highest BCUT2D eigenvalue weighted by molar-refractivity contribution is 6.30. The number of rotatable bonds is 6. The average molecular weight is 412 g/mol. The number of methoxy groups -OCH3 is 2. The van der Waals surface area contributed by atoms with Gasteiger partial charge in [-0.1, -0.05) is 23.7 Å². The number of nitrogens with zero attached hydrogens (tertiary/aromatic N) is 1. The molecule has 5 heteroatoms. The molecule has 1 aliphatic carbocycles. The van der Waals surface area contributed by atoms with Gasteiger partial charge in [-0.25, -0.2) is 0 Å². The molecule has 2 aromatic carbocycles. The molecule has 0 spiro atoms. The molecule has 4 rings (SSSR count). The lowest BCUT2D eigenvalue weighted by Crippen LogP contribution is -2.16. The van der Waals surface area contributed by atoms with Crippen molar-refractivity contribution in [2.75, 3.05) is 14.2 Å². The summed E-state index contributed by atoms with van der Waals surface area (Å²) < 4.78 is 12.8. The first-order valence-electron chi connectivity index (χ1n) is 10.1. The molecule has 0 aliphatic heterocycles. The molecule has 0 saturated carbocycles. The van der Waals surface area contributed by atoms with Crippen LogP contribution in [0.5, 0.6) is 5.75 Å². The molecule has 3 aromatic rings. The standard InChI is InChI=1S/C24H26ClNO3/c1-28-19-11-12-22-21(14-19)20-5-3-4-17(8-13-23(27)29-2)24(20)26(22)15-16-6-9-18(25)10-7-16/h6-7,9-12,14,17H,3-5,8,13,15H2,1-2H3. The van der Waals surface area contributed by atoms with Gasteiger partial charge >= 0.3 is 5.97 Å². The molecule has 1 aliphatic rings. The number of hydrogen-bond donors (Lipinski definition) is 0. The molecule has 29 heavy (non-hydrogen) atoms. The summed E-state index contributed by atoms with van der Waals surface area (Å²) in [6.45, 7) is 0.782. The summed E-state index contributed by atoms with van der Waals surface area (Å²) >= 11 is 6.08. The quantitative estimate of drug-likeness (QED) is 0.486. The molecule has 0 bridgehead atoms. The van der Waals surface area contributed by atoms with Gasteiger partial charge in [0.15, 0.2) is 0 Å². The van der Waals surface area contributed by atoms with E-state index in [0.717, 1.165) is 43.0 Å². The second-order valence-corrected chi connectivity index (χ2v) is 8.10. The number of ether oxygens (including phenoxy) is 2. The number of carbonyl (C=O) groups excluding carboxylic acids is 1. The summed E-state index contributed by atoms with van der Waals surface area (Å²) in [4.78, 5) is 11.8. The van der Waals surface area contributed by atoms with E-state index in [2.05, 4.69) is 28.8 Å². The first-order valence-corrected chi connectivity index (χ1v) is 10.5. The monoisotopic (exact) mass is 411 g/mol. The Balaban J connectivity index is 1.81. The van der Waals surface area contributed by atoms with Gasteiger partial charge in [-0.15, -0.1) is 0 Å². The number of aryl methyl sites for hydroxylation is 1. The van der Waals surface area contributed by atoms with Crippen LogP contribution in [-0.2, 0) is 22.5 Å². The topological polar surface area (TPSA) is 40.5 Å². The van der Waals surface area contributed by atoms with Crippen LogP contribution in [0.25, 0.3) is 10.9 Å². The summed E-state index contributed by atoms with van der Waals surface area (Å²) in [6, 6.07) is 14.4. The molecule has 0 radical (unpaired) electrons. The molecule has 1 heterocycles. The Hall–Kier alpha value is -2.46. The minimum atomic E-state index is -0.140. The van der Waals surface area contributed by atoms with Gasteiger partial charge in [0.2, 0.25) is 0 Å². The van der Waals surface area contributed by atoms with Gasteiger partial charge in [0.25, 0.3) is 0 Å². The Labute approximate surface area is 176 Å². The Morgan fingerprint density at radius 2 is 1.97 bits per heavy atom. The van der Waals surface area contributed by atoms with Gasteiger partial charge in [-0.2, -0.15) is 0 Å². The van der Waals surface area contributed by atoms with Crippen molar-refractivity contribution in [1.29, 1.82) is 0 Å². The smallest absolute Gasteiger partial charge is 0.305 e. The van der Waals surface area contributed by atoms with E-state index in [1.165, 1.54) is 34.8 Å². The van der Waals surface area contributed by atoms with E-state index >= 15 is 0 Å². The van der Waals surface area contributed by atoms with E-state index in [-0.39, 0.29) is 5.97 Å². The SMILES string of the molecule is COC(=O)CCC1CCCc2c1n(Cc1ccc(Cl)cc1)c1ccc(OC)cc21. The van der Waals surface area contributed by atoms with Crippen LogP contribution in [-0.4, -0.2) is 24.8 Å². The van der Waals surface area contributed by atoms with E-state index in [0.29, 0.717) is 12.3 Å². The predicted molar refractivity (Wildman–Crippen MR) is 116 cm³/mol. The second-order valence-electron chi connectivity index (χ2n) is 7.66. The van der Waals surface area contributed by atoms with E-state index < -0.39 is 0 Å². The molecule has 1 aromatic heterocycles. The maximum atomic E-state index is 11.8. The van der Waals surface area contributed by atoms with Crippen molar-refractivity contribution in [3.63, 3.8) is 0 Å². The van der Waals surface area contributed by atoms with Gasteiger partial charge in [-0.05, 0) is 67.1 Å². The normalized spacial score (nSPS) is 15.9. The number of fused-ring (bicyclic) bond motifs is 3. The number of benzene rings is 2. The van der Waals surface area contributed by atoms with Crippen LogP contribution < -0.4 is 4.74 Å². The number of carbonyl (C=O) groups is 1. The zero-order valence-electron chi connectivity index (χ0n) is 16.9. The molecule has 152 valence electrons. The lowest BCUT2D eigenvalue weighted by atomic mass is 9.84. The Bertz CT molecular complexity index is 1020. The number of aromatic nitrogens is 1. The van der Waals surface area contributed by atoms with Crippen LogP contribution in [0.15, 0.2) is 42.5 Å². The van der Waals surface area contributed by atoms with E-state index in [9.17, 15) is 4.79 Å². The van der Waals surface area contributed by atoms with Crippen molar-refractivity contribution in [2.45, 2.75) is 44.6 Å². The summed E-state index contributed by atoms with van der Waals surface area (Å²) in [7, 11) is 3.16. The maximum absolute atomic E-state index is 11.8. The molecule has 1 atom stereocenters. The molecule has 0 saturated heterocycles. The third-order valence-electron chi connectivity index (χ3n) is 5.96. The largest absolute Gasteiger partial charge is 0.497 e. The highest BCUT2D eigenvalue weighted by Gasteiger charge is 2.28. The van der Waals surface area contributed by atoms with Crippen molar-refractivity contribution < 1.29 is 14.3 Å². The van der Waals surface area contributed by atoms with Gasteiger partial charge in [0.1, 0.15) is 5.75 Å². The van der Waals surface area contributed by atoms with E-state index in [1.807, 2.05) is 18.2 Å². The zero-order chi connectivity index (χ0) is 20.4. The summed E-state index contributed by atoms with van der Waals surface area (Å²) in [5.74, 6) is 1.09. The third-order valence-corrected chi connectivity index (χ3v) is 6.22. The van der Waals surface area contributed by atoms with Gasteiger partial charge in [-0.3, -0.25) is 4.79 Å². The van der Waals surface area contributed by atoms with Crippen LogP contribution in [0.3, 0.4) is 0 Å². The highest BCUT2D eigenvalue weighted by Crippen LogP contribution is 2.42. The molecular formula is C24H26ClNO3. The molecule has 4 nitrogen and oxygen atoms in total. The second kappa shape index (κ2) is 8.50. The molecule has 0 N–H and O–H groups in total. The van der Waals surface area contributed by atoms with Crippen molar-refractivity contribution in [3.05, 3.63) is 64.3 Å². The van der Waals surface area contributed by atoms with Crippen molar-refractivity contribution in [3.8, 4) is 5.75 Å². The van der Waals surface area contributed by atoms with Crippen molar-refractivity contribution >= 4 is 28.5 Å². The van der Waals surface area contributed by atoms with Crippen LogP contribution in [0.4, 0.5) is 0 Å². The van der Waals surface area contributed by atoms with Crippen molar-refractivity contribution in [1.82, 2.24) is 4.57 Å². The minimum Gasteiger partial charge on any atom is -0.497 e. The third kappa shape index (κ3) is 3.99. The zero-order valence-corrected chi connectivity index (χ0v) is 17.7. The van der Waals surface area contributed by atoms with Crippen LogP contribution in [0.1, 0.15) is 48.4 Å². The lowest BCUT2D eigenvalue weighted by molar-refractivity contribution is -0.140. The minimum absolute atomic E-state index is 0.140. The maximum Gasteiger partial charge on any atom is 0.305 e. The summed E-state index contributed by atoms with van der Waals surface area (Å²) in [6.07, 6.45) is 4.55. The highest BCUT2D eigenvalue weighted by atomic mass is 35.5. The summed E-state index contributed by atoms with van der Waals surface area (Å²) in [5, 5.41) is 2.00. The van der Waals surface area contributed by atoms with Crippen LogP contribution >= 0.6 is 11.6 Å². The van der Waals surface area contributed by atoms with Crippen LogP contribution in [0, 0.1) is 0 Å². The van der Waals surface area contributed by atoms with Gasteiger partial charge < -0.3 is 14.0 Å². The number of esters is 1. The van der Waals surface area contributed by atoms with E-state index in [1.54, 1.807) is 7.11 Å². The molecular weight excluding hydrogens is 386 g/mol. The Morgan fingerprint density at radius 3 is 2.69 bits per heavy atom. The average Bonchev–Trinajstić information content (AvgIpc) is 3.07. The first kappa shape index (κ1) is 19.8. The predicted octanol–water partition coefficient (Wildman–Crippen LogP) is 5.72.